The topological polar surface area (TPSA) is 108 Å². The molecule has 1 aromatic carbocycles. The highest BCUT2D eigenvalue weighted by molar-refractivity contribution is 5.94. The van der Waals surface area contributed by atoms with Gasteiger partial charge in [0.05, 0.1) is 0 Å². The highest BCUT2D eigenvalue weighted by atomic mass is 16.6. The van der Waals surface area contributed by atoms with Crippen molar-refractivity contribution >= 4 is 17.9 Å². The summed E-state index contributed by atoms with van der Waals surface area (Å²) >= 11 is 0. The zero-order chi connectivity index (χ0) is 20.7. The summed E-state index contributed by atoms with van der Waals surface area (Å²) in [5.74, 6) is -0.379. The van der Waals surface area contributed by atoms with Crippen LogP contribution in [0.4, 0.5) is 4.79 Å². The molecule has 0 radical (unpaired) electrons. The molecule has 8 nitrogen and oxygen atoms in total. The van der Waals surface area contributed by atoms with E-state index in [1.165, 1.54) is 24.3 Å². The van der Waals surface area contributed by atoms with Crippen LogP contribution in [0, 0.1) is 5.92 Å². The lowest BCUT2D eigenvalue weighted by Gasteiger charge is -2.32. The lowest BCUT2D eigenvalue weighted by atomic mass is 9.96. The van der Waals surface area contributed by atoms with Crippen LogP contribution in [-0.2, 0) is 9.53 Å². The molecule has 0 spiro atoms. The summed E-state index contributed by atoms with van der Waals surface area (Å²) in [6.07, 6.45) is 0.832. The van der Waals surface area contributed by atoms with E-state index in [1.54, 1.807) is 4.90 Å². The molecule has 0 bridgehead atoms. The van der Waals surface area contributed by atoms with E-state index in [0.717, 1.165) is 0 Å². The van der Waals surface area contributed by atoms with E-state index in [4.69, 9.17) is 4.74 Å². The quantitative estimate of drug-likeness (QED) is 0.664. The molecule has 8 heteroatoms. The Morgan fingerprint density at radius 1 is 1.07 bits per heavy atom. The summed E-state index contributed by atoms with van der Waals surface area (Å²) in [6.45, 7) is 7.09. The van der Waals surface area contributed by atoms with Gasteiger partial charge in [-0.15, -0.1) is 0 Å². The number of ether oxygens (including phenoxy) is 1. The molecule has 1 aliphatic rings. The van der Waals surface area contributed by atoms with Crippen LogP contribution in [0.2, 0.25) is 0 Å². The third-order valence-electron chi connectivity index (χ3n) is 4.36. The van der Waals surface area contributed by atoms with Gasteiger partial charge in [-0.1, -0.05) is 0 Å². The first kappa shape index (κ1) is 21.5. The van der Waals surface area contributed by atoms with E-state index in [-0.39, 0.29) is 29.6 Å². The van der Waals surface area contributed by atoms with E-state index >= 15 is 0 Å². The number of amides is 3. The number of aromatic hydroxyl groups is 1. The van der Waals surface area contributed by atoms with Crippen molar-refractivity contribution in [1.29, 1.82) is 0 Å². The number of hydrogen-bond acceptors (Lipinski definition) is 5. The van der Waals surface area contributed by atoms with E-state index < -0.39 is 5.60 Å². The number of benzene rings is 1. The second-order valence-electron chi connectivity index (χ2n) is 7.84. The number of hydrogen-bond donors (Lipinski definition) is 3. The van der Waals surface area contributed by atoms with Gasteiger partial charge in [0.25, 0.3) is 5.91 Å². The fourth-order valence-corrected chi connectivity index (χ4v) is 2.87. The zero-order valence-corrected chi connectivity index (χ0v) is 16.7. The number of piperidine rings is 1. The molecular weight excluding hydrogens is 362 g/mol. The van der Waals surface area contributed by atoms with Crippen LogP contribution in [0.25, 0.3) is 0 Å². The molecule has 1 heterocycles. The van der Waals surface area contributed by atoms with Gasteiger partial charge in [0.2, 0.25) is 5.91 Å². The highest BCUT2D eigenvalue weighted by Crippen LogP contribution is 2.19. The minimum Gasteiger partial charge on any atom is -0.508 e. The number of nitrogens with zero attached hydrogens (tertiary/aromatic N) is 1. The molecule has 0 aromatic heterocycles. The molecule has 1 fully saturated rings. The number of rotatable bonds is 5. The zero-order valence-electron chi connectivity index (χ0n) is 16.7. The third kappa shape index (κ3) is 6.75. The monoisotopic (exact) mass is 391 g/mol. The Kier molecular flexibility index (Phi) is 7.25. The van der Waals surface area contributed by atoms with Gasteiger partial charge < -0.3 is 25.4 Å². The number of likely N-dealkylation sites (tertiary alicyclic amines) is 1. The Labute approximate surface area is 165 Å². The summed E-state index contributed by atoms with van der Waals surface area (Å²) in [4.78, 5) is 37.9. The summed E-state index contributed by atoms with van der Waals surface area (Å²) in [5, 5.41) is 14.8. The maximum absolute atomic E-state index is 12.3. The third-order valence-corrected chi connectivity index (χ3v) is 4.36. The van der Waals surface area contributed by atoms with Gasteiger partial charge >= 0.3 is 6.09 Å². The molecule has 3 N–H and O–H groups in total. The number of phenols is 1. The molecule has 2 rings (SSSR count). The number of phenolic OH excluding ortho intramolecular Hbond substituents is 1. The van der Waals surface area contributed by atoms with Crippen molar-refractivity contribution in [3.8, 4) is 5.75 Å². The normalized spacial score (nSPS) is 15.0. The van der Waals surface area contributed by atoms with Crippen LogP contribution in [0.3, 0.4) is 0 Å². The molecule has 28 heavy (non-hydrogen) atoms. The molecule has 0 saturated carbocycles. The van der Waals surface area contributed by atoms with E-state index in [1.807, 2.05) is 20.8 Å². The van der Waals surface area contributed by atoms with Gasteiger partial charge in [-0.25, -0.2) is 4.79 Å². The Morgan fingerprint density at radius 2 is 1.64 bits per heavy atom. The number of nitrogens with one attached hydrogen (secondary N) is 2. The average molecular weight is 391 g/mol. The van der Waals surface area contributed by atoms with Gasteiger partial charge in [-0.05, 0) is 57.9 Å². The first-order valence-corrected chi connectivity index (χ1v) is 9.48. The standard InChI is InChI=1S/C20H29N3O5/c1-20(2,3)28-19(27)23-12-8-15(9-13-23)18(26)22-11-10-21-17(25)14-4-6-16(24)7-5-14/h4-7,15,24H,8-13H2,1-3H3,(H,21,25)(H,22,26). The first-order valence-electron chi connectivity index (χ1n) is 9.48. The predicted molar refractivity (Wildman–Crippen MR) is 104 cm³/mol. The van der Waals surface area contributed by atoms with Crippen molar-refractivity contribution in [2.75, 3.05) is 26.2 Å². The van der Waals surface area contributed by atoms with Crippen molar-refractivity contribution in [3.05, 3.63) is 29.8 Å². The molecule has 0 unspecified atom stereocenters. The largest absolute Gasteiger partial charge is 0.508 e. The van der Waals surface area contributed by atoms with Gasteiger partial charge in [0.15, 0.2) is 0 Å². The SMILES string of the molecule is CC(C)(C)OC(=O)N1CCC(C(=O)NCCNC(=O)c2ccc(O)cc2)CC1. The Balaban J connectivity index is 1.65. The van der Waals surface area contributed by atoms with Crippen molar-refractivity contribution < 1.29 is 24.2 Å². The highest BCUT2D eigenvalue weighted by Gasteiger charge is 2.29. The minimum atomic E-state index is -0.532. The second-order valence-corrected chi connectivity index (χ2v) is 7.84. The second kappa shape index (κ2) is 9.43. The molecule has 0 atom stereocenters. The maximum Gasteiger partial charge on any atom is 0.410 e. The van der Waals surface area contributed by atoms with Gasteiger partial charge in [-0.2, -0.15) is 0 Å². The van der Waals surface area contributed by atoms with Gasteiger partial charge in [-0.3, -0.25) is 9.59 Å². The number of carbonyl (C=O) groups is 3. The molecule has 1 aliphatic heterocycles. The van der Waals surface area contributed by atoms with Crippen molar-refractivity contribution in [2.45, 2.75) is 39.2 Å². The Hall–Kier alpha value is -2.77. The van der Waals surface area contributed by atoms with Crippen LogP contribution in [0.15, 0.2) is 24.3 Å². The van der Waals surface area contributed by atoms with Crippen LogP contribution in [-0.4, -0.2) is 59.7 Å². The molecular formula is C20H29N3O5. The minimum absolute atomic E-state index is 0.0669. The van der Waals surface area contributed by atoms with Gasteiger partial charge in [0.1, 0.15) is 11.4 Å². The fourth-order valence-electron chi connectivity index (χ4n) is 2.87. The Morgan fingerprint density at radius 3 is 2.21 bits per heavy atom. The van der Waals surface area contributed by atoms with E-state index in [9.17, 15) is 19.5 Å². The summed E-state index contributed by atoms with van der Waals surface area (Å²) in [5.41, 5.74) is -0.0887. The molecule has 1 saturated heterocycles. The summed E-state index contributed by atoms with van der Waals surface area (Å²) in [7, 11) is 0. The van der Waals surface area contributed by atoms with E-state index in [0.29, 0.717) is 44.6 Å². The first-order chi connectivity index (χ1) is 13.2. The summed E-state index contributed by atoms with van der Waals surface area (Å²) < 4.78 is 5.35. The van der Waals surface area contributed by atoms with Crippen LogP contribution in [0.1, 0.15) is 44.0 Å². The smallest absolute Gasteiger partial charge is 0.410 e. The average Bonchev–Trinajstić information content (AvgIpc) is 2.64. The molecule has 1 aromatic rings. The molecule has 3 amide bonds. The molecule has 154 valence electrons. The van der Waals surface area contributed by atoms with Crippen molar-refractivity contribution in [2.24, 2.45) is 5.92 Å². The lowest BCUT2D eigenvalue weighted by Crippen LogP contribution is -2.45. The van der Waals surface area contributed by atoms with Crippen molar-refractivity contribution in [3.63, 3.8) is 0 Å². The Bertz CT molecular complexity index is 689. The van der Waals surface area contributed by atoms with Crippen LogP contribution in [0.5, 0.6) is 5.75 Å². The molecule has 0 aliphatic carbocycles. The van der Waals surface area contributed by atoms with Gasteiger partial charge in [0, 0.05) is 37.7 Å². The fraction of sp³-hybridized carbons (Fsp3) is 0.550. The predicted octanol–water partition coefficient (Wildman–Crippen LogP) is 1.89. The van der Waals surface area contributed by atoms with Crippen LogP contribution < -0.4 is 10.6 Å². The van der Waals surface area contributed by atoms with Crippen molar-refractivity contribution in [1.82, 2.24) is 15.5 Å². The van der Waals surface area contributed by atoms with Crippen LogP contribution >= 0.6 is 0 Å². The maximum atomic E-state index is 12.3. The summed E-state index contributed by atoms with van der Waals surface area (Å²) in [6, 6.07) is 5.95. The number of carbonyl (C=O) groups excluding carboxylic acids is 3. The lowest BCUT2D eigenvalue weighted by molar-refractivity contribution is -0.126. The van der Waals surface area contributed by atoms with E-state index in [2.05, 4.69) is 10.6 Å².